The third kappa shape index (κ3) is 7.33. The fourth-order valence-electron chi connectivity index (χ4n) is 3.21. The molecule has 0 saturated heterocycles. The number of halogens is 2. The smallest absolute Gasteiger partial charge is 0.304 e. The molecule has 192 valence electrons. The molecule has 2 atom stereocenters. The van der Waals surface area contributed by atoms with E-state index >= 15 is 0 Å². The fraction of sp³-hybridized carbons (Fsp3) is 0.417. The van der Waals surface area contributed by atoms with Crippen molar-refractivity contribution < 1.29 is 18.0 Å². The molecule has 0 radical (unpaired) electrons. The van der Waals surface area contributed by atoms with E-state index in [1.165, 1.54) is 19.0 Å². The Kier molecular flexibility index (Phi) is 10.4. The Hall–Kier alpha value is -2.33. The van der Waals surface area contributed by atoms with Gasteiger partial charge in [-0.05, 0) is 44.5 Å². The lowest BCUT2D eigenvalue weighted by molar-refractivity contribution is -0.139. The second kappa shape index (κ2) is 12.6. The molecular formula is C24H32Cl2N4O4S. The Labute approximate surface area is 218 Å². The summed E-state index contributed by atoms with van der Waals surface area (Å²) in [5, 5.41) is 3.55. The van der Waals surface area contributed by atoms with Crippen LogP contribution < -0.4 is 9.62 Å². The van der Waals surface area contributed by atoms with Crippen molar-refractivity contribution in [3.05, 3.63) is 64.1 Å². The van der Waals surface area contributed by atoms with Crippen LogP contribution in [0.1, 0.15) is 32.8 Å². The number of para-hydroxylation sites is 1. The van der Waals surface area contributed by atoms with Gasteiger partial charge in [0, 0.05) is 42.3 Å². The molecule has 0 aliphatic carbocycles. The molecule has 0 spiro atoms. The molecule has 2 rings (SSSR count). The van der Waals surface area contributed by atoms with E-state index in [9.17, 15) is 18.0 Å². The monoisotopic (exact) mass is 542 g/mol. The minimum absolute atomic E-state index is 0.0723. The zero-order chi connectivity index (χ0) is 26.3. The lowest BCUT2D eigenvalue weighted by Gasteiger charge is -2.33. The summed E-state index contributed by atoms with van der Waals surface area (Å²) in [6, 6.07) is 12.3. The summed E-state index contributed by atoms with van der Waals surface area (Å²) in [7, 11) is -1.24. The average molecular weight is 544 g/mol. The highest BCUT2D eigenvalue weighted by molar-refractivity contribution is 7.90. The number of anilines is 1. The van der Waals surface area contributed by atoms with Gasteiger partial charge in [0.15, 0.2) is 0 Å². The maximum absolute atomic E-state index is 13.7. The van der Waals surface area contributed by atoms with Gasteiger partial charge in [-0.3, -0.25) is 9.59 Å². The van der Waals surface area contributed by atoms with Crippen molar-refractivity contribution in [1.82, 2.24) is 14.5 Å². The summed E-state index contributed by atoms with van der Waals surface area (Å²) in [5.74, 6) is -0.945. The number of nitrogens with zero attached hydrogens (tertiary/aromatic N) is 3. The number of rotatable bonds is 11. The molecule has 0 saturated carbocycles. The summed E-state index contributed by atoms with van der Waals surface area (Å²) >= 11 is 12.7. The number of nitrogens with one attached hydrogen (secondary N) is 1. The van der Waals surface area contributed by atoms with Crippen LogP contribution in [0.3, 0.4) is 0 Å². The van der Waals surface area contributed by atoms with Gasteiger partial charge in [-0.15, -0.1) is 0 Å². The van der Waals surface area contributed by atoms with Crippen LogP contribution in [0.25, 0.3) is 0 Å². The molecule has 0 aromatic heterocycles. The lowest BCUT2D eigenvalue weighted by Crippen LogP contribution is -2.53. The molecule has 1 N–H and O–H groups in total. The minimum Gasteiger partial charge on any atom is -0.352 e. The van der Waals surface area contributed by atoms with Crippen molar-refractivity contribution in [3.8, 4) is 0 Å². The van der Waals surface area contributed by atoms with Crippen molar-refractivity contribution >= 4 is 50.9 Å². The zero-order valence-corrected chi connectivity index (χ0v) is 22.9. The Bertz CT molecular complexity index is 1110. The third-order valence-corrected chi connectivity index (χ3v) is 8.15. The van der Waals surface area contributed by atoms with Crippen LogP contribution in [-0.4, -0.2) is 62.2 Å². The minimum atomic E-state index is -4.01. The third-order valence-electron chi connectivity index (χ3n) is 5.62. The second-order valence-corrected chi connectivity index (χ2v) is 11.2. The maximum atomic E-state index is 13.7. The van der Waals surface area contributed by atoms with Crippen LogP contribution >= 0.6 is 23.2 Å². The standard InChI is InChI=1S/C24H32Cl2N4O4S/c1-6-17(2)27-24(32)18(3)29(15-20-21(25)13-10-14-22(20)26)23(31)16-30(35(33,34)28(4)5)19-11-8-7-9-12-19/h7-14,17-18H,6,15-16H2,1-5H3,(H,27,32). The maximum Gasteiger partial charge on any atom is 0.304 e. The summed E-state index contributed by atoms with van der Waals surface area (Å²) in [5.41, 5.74) is 0.788. The first-order chi connectivity index (χ1) is 16.4. The highest BCUT2D eigenvalue weighted by Crippen LogP contribution is 2.27. The van der Waals surface area contributed by atoms with Crippen molar-refractivity contribution in [3.63, 3.8) is 0 Å². The molecule has 11 heteroatoms. The van der Waals surface area contributed by atoms with Crippen LogP contribution in [0.15, 0.2) is 48.5 Å². The summed E-state index contributed by atoms with van der Waals surface area (Å²) in [6.45, 7) is 4.80. The summed E-state index contributed by atoms with van der Waals surface area (Å²) < 4.78 is 28.2. The molecule has 2 aromatic carbocycles. The number of amides is 2. The van der Waals surface area contributed by atoms with Gasteiger partial charge in [-0.2, -0.15) is 12.7 Å². The predicted molar refractivity (Wildman–Crippen MR) is 141 cm³/mol. The Morgan fingerprint density at radius 2 is 1.54 bits per heavy atom. The van der Waals surface area contributed by atoms with Crippen LogP contribution in [0.5, 0.6) is 0 Å². The number of benzene rings is 2. The van der Waals surface area contributed by atoms with Gasteiger partial charge in [0.25, 0.3) is 0 Å². The van der Waals surface area contributed by atoms with Crippen molar-refractivity contribution in [2.45, 2.75) is 45.8 Å². The van der Waals surface area contributed by atoms with E-state index in [2.05, 4.69) is 5.32 Å². The van der Waals surface area contributed by atoms with E-state index in [0.29, 0.717) is 27.7 Å². The average Bonchev–Trinajstić information content (AvgIpc) is 2.82. The van der Waals surface area contributed by atoms with E-state index in [0.717, 1.165) is 8.61 Å². The fourth-order valence-corrected chi connectivity index (χ4v) is 4.79. The number of hydrogen-bond donors (Lipinski definition) is 1. The Morgan fingerprint density at radius 1 is 0.971 bits per heavy atom. The molecule has 0 bridgehead atoms. The molecular weight excluding hydrogens is 511 g/mol. The number of carbonyl (C=O) groups is 2. The van der Waals surface area contributed by atoms with Crippen molar-refractivity contribution in [2.75, 3.05) is 24.9 Å². The largest absolute Gasteiger partial charge is 0.352 e. The first-order valence-electron chi connectivity index (χ1n) is 11.2. The van der Waals surface area contributed by atoms with E-state index in [1.807, 2.05) is 13.8 Å². The first kappa shape index (κ1) is 28.9. The van der Waals surface area contributed by atoms with Crippen molar-refractivity contribution in [1.29, 1.82) is 0 Å². The van der Waals surface area contributed by atoms with Gasteiger partial charge in [-0.25, -0.2) is 4.31 Å². The number of hydrogen-bond acceptors (Lipinski definition) is 4. The molecule has 0 aliphatic rings. The lowest BCUT2D eigenvalue weighted by atomic mass is 10.1. The molecule has 8 nitrogen and oxygen atoms in total. The molecule has 0 fully saturated rings. The second-order valence-electron chi connectivity index (χ2n) is 8.35. The zero-order valence-electron chi connectivity index (χ0n) is 20.5. The highest BCUT2D eigenvalue weighted by Gasteiger charge is 2.33. The van der Waals surface area contributed by atoms with Crippen LogP contribution in [0.4, 0.5) is 5.69 Å². The van der Waals surface area contributed by atoms with E-state index < -0.39 is 28.7 Å². The first-order valence-corrected chi connectivity index (χ1v) is 13.3. The van der Waals surface area contributed by atoms with Crippen LogP contribution in [-0.2, 0) is 26.3 Å². The van der Waals surface area contributed by atoms with Gasteiger partial charge in [0.2, 0.25) is 11.8 Å². The van der Waals surface area contributed by atoms with Gasteiger partial charge in [0.1, 0.15) is 12.6 Å². The quantitative estimate of drug-likeness (QED) is 0.465. The van der Waals surface area contributed by atoms with Gasteiger partial charge < -0.3 is 10.2 Å². The highest BCUT2D eigenvalue weighted by atomic mass is 35.5. The topological polar surface area (TPSA) is 90.0 Å². The van der Waals surface area contributed by atoms with E-state index in [1.54, 1.807) is 55.5 Å². The summed E-state index contributed by atoms with van der Waals surface area (Å²) in [6.07, 6.45) is 0.714. The van der Waals surface area contributed by atoms with Crippen LogP contribution in [0.2, 0.25) is 10.0 Å². The predicted octanol–water partition coefficient (Wildman–Crippen LogP) is 3.94. The van der Waals surface area contributed by atoms with Gasteiger partial charge in [0.05, 0.1) is 5.69 Å². The Balaban J connectivity index is 2.48. The van der Waals surface area contributed by atoms with Gasteiger partial charge in [-0.1, -0.05) is 54.4 Å². The SMILES string of the molecule is CCC(C)NC(=O)C(C)N(Cc1c(Cl)cccc1Cl)C(=O)CN(c1ccccc1)S(=O)(=O)N(C)C. The normalized spacial score (nSPS) is 13.3. The van der Waals surface area contributed by atoms with E-state index in [-0.39, 0.29) is 18.5 Å². The van der Waals surface area contributed by atoms with Crippen LogP contribution in [0, 0.1) is 0 Å². The molecule has 2 unspecified atom stereocenters. The molecule has 35 heavy (non-hydrogen) atoms. The summed E-state index contributed by atoms with van der Waals surface area (Å²) in [4.78, 5) is 27.9. The van der Waals surface area contributed by atoms with Gasteiger partial charge >= 0.3 is 10.2 Å². The Morgan fingerprint density at radius 3 is 2.06 bits per heavy atom. The van der Waals surface area contributed by atoms with E-state index in [4.69, 9.17) is 23.2 Å². The number of carbonyl (C=O) groups excluding carboxylic acids is 2. The van der Waals surface area contributed by atoms with Crippen molar-refractivity contribution in [2.24, 2.45) is 0 Å². The molecule has 0 aliphatic heterocycles. The molecule has 2 amide bonds. The molecule has 2 aromatic rings. The molecule has 0 heterocycles.